The largest absolute Gasteiger partial charge is 0.352 e. The van der Waals surface area contributed by atoms with E-state index in [-0.39, 0.29) is 11.8 Å². The Kier molecular flexibility index (Phi) is 4.01. The van der Waals surface area contributed by atoms with Crippen LogP contribution in [0.5, 0.6) is 0 Å². The highest BCUT2D eigenvalue weighted by molar-refractivity contribution is 5.79. The van der Waals surface area contributed by atoms with Crippen molar-refractivity contribution in [3.63, 3.8) is 0 Å². The molecule has 2 unspecified atom stereocenters. The highest BCUT2D eigenvalue weighted by Gasteiger charge is 2.29. The molecule has 1 aliphatic heterocycles. The van der Waals surface area contributed by atoms with Crippen LogP contribution in [-0.4, -0.2) is 28.8 Å². The maximum atomic E-state index is 12.1. The summed E-state index contributed by atoms with van der Waals surface area (Å²) in [6.07, 6.45) is 3.75. The maximum absolute atomic E-state index is 12.1. The summed E-state index contributed by atoms with van der Waals surface area (Å²) in [5.74, 6) is 0.603. The first kappa shape index (κ1) is 13.8. The van der Waals surface area contributed by atoms with Gasteiger partial charge in [0.05, 0.1) is 17.8 Å². The number of rotatable bonds is 4. The van der Waals surface area contributed by atoms with Gasteiger partial charge in [-0.15, -0.1) is 0 Å². The molecule has 21 heavy (non-hydrogen) atoms. The van der Waals surface area contributed by atoms with Gasteiger partial charge in [-0.2, -0.15) is 5.10 Å². The third-order valence-electron chi connectivity index (χ3n) is 3.98. The van der Waals surface area contributed by atoms with E-state index < -0.39 is 0 Å². The monoisotopic (exact) mass is 284 g/mol. The van der Waals surface area contributed by atoms with Gasteiger partial charge in [-0.05, 0) is 24.6 Å². The van der Waals surface area contributed by atoms with Crippen molar-refractivity contribution < 1.29 is 4.79 Å². The highest BCUT2D eigenvalue weighted by atomic mass is 16.1. The van der Waals surface area contributed by atoms with Crippen LogP contribution >= 0.6 is 0 Å². The van der Waals surface area contributed by atoms with Gasteiger partial charge in [0.25, 0.3) is 0 Å². The van der Waals surface area contributed by atoms with Crippen molar-refractivity contribution in [2.45, 2.75) is 13.5 Å². The molecule has 1 saturated heterocycles. The Hall–Kier alpha value is -2.14. The maximum Gasteiger partial charge on any atom is 0.224 e. The summed E-state index contributed by atoms with van der Waals surface area (Å²) < 4.78 is 1.82. The van der Waals surface area contributed by atoms with Gasteiger partial charge >= 0.3 is 0 Å². The summed E-state index contributed by atoms with van der Waals surface area (Å²) in [5, 5.41) is 10.6. The first-order valence-corrected chi connectivity index (χ1v) is 7.31. The molecule has 3 rings (SSSR count). The van der Waals surface area contributed by atoms with Crippen LogP contribution in [0.1, 0.15) is 12.5 Å². The van der Waals surface area contributed by atoms with E-state index in [0.717, 1.165) is 24.3 Å². The predicted molar refractivity (Wildman–Crippen MR) is 80.9 cm³/mol. The predicted octanol–water partition coefficient (Wildman–Crippen LogP) is 1.34. The molecule has 1 fully saturated rings. The summed E-state index contributed by atoms with van der Waals surface area (Å²) in [4.78, 5) is 12.1. The van der Waals surface area contributed by atoms with Crippen molar-refractivity contribution in [3.8, 4) is 5.69 Å². The molecule has 1 aromatic heterocycles. The summed E-state index contributed by atoms with van der Waals surface area (Å²) in [5.41, 5.74) is 2.02. The topological polar surface area (TPSA) is 59.0 Å². The molecule has 110 valence electrons. The van der Waals surface area contributed by atoms with E-state index in [9.17, 15) is 4.79 Å². The summed E-state index contributed by atoms with van der Waals surface area (Å²) in [6.45, 7) is 4.33. The van der Waals surface area contributed by atoms with E-state index in [0.29, 0.717) is 12.5 Å². The van der Waals surface area contributed by atoms with Crippen molar-refractivity contribution in [2.24, 2.45) is 11.8 Å². The molecule has 2 atom stereocenters. The second-order valence-corrected chi connectivity index (χ2v) is 5.59. The van der Waals surface area contributed by atoms with Crippen molar-refractivity contribution >= 4 is 5.91 Å². The first-order chi connectivity index (χ1) is 10.2. The van der Waals surface area contributed by atoms with E-state index in [1.807, 2.05) is 41.2 Å². The van der Waals surface area contributed by atoms with E-state index in [1.54, 1.807) is 6.20 Å². The van der Waals surface area contributed by atoms with Crippen molar-refractivity contribution in [1.29, 1.82) is 0 Å². The average molecular weight is 284 g/mol. The molecule has 0 radical (unpaired) electrons. The molecule has 1 aliphatic rings. The number of carbonyl (C=O) groups excluding carboxylic acids is 1. The zero-order chi connectivity index (χ0) is 14.7. The Morgan fingerprint density at radius 3 is 2.90 bits per heavy atom. The summed E-state index contributed by atoms with van der Waals surface area (Å²) in [7, 11) is 0. The van der Waals surface area contributed by atoms with Gasteiger partial charge < -0.3 is 10.6 Å². The van der Waals surface area contributed by atoms with E-state index in [2.05, 4.69) is 22.7 Å². The number of benzene rings is 1. The SMILES string of the molecule is CC1CNCC1C(=O)NCc1cnn(-c2ccccc2)c1. The average Bonchev–Trinajstić information content (AvgIpc) is 3.15. The molecule has 0 aliphatic carbocycles. The van der Waals surface area contributed by atoms with E-state index in [1.165, 1.54) is 0 Å². The zero-order valence-electron chi connectivity index (χ0n) is 12.1. The Bertz CT molecular complexity index is 608. The van der Waals surface area contributed by atoms with Gasteiger partial charge in [-0.1, -0.05) is 25.1 Å². The highest BCUT2D eigenvalue weighted by Crippen LogP contribution is 2.16. The number of nitrogens with one attached hydrogen (secondary N) is 2. The lowest BCUT2D eigenvalue weighted by atomic mass is 9.97. The molecular weight excluding hydrogens is 264 g/mol. The lowest BCUT2D eigenvalue weighted by Gasteiger charge is -2.13. The smallest absolute Gasteiger partial charge is 0.224 e. The number of aromatic nitrogens is 2. The Morgan fingerprint density at radius 1 is 1.38 bits per heavy atom. The first-order valence-electron chi connectivity index (χ1n) is 7.31. The molecule has 5 heteroatoms. The molecule has 2 heterocycles. The number of hydrogen-bond acceptors (Lipinski definition) is 3. The number of amides is 1. The minimum absolute atomic E-state index is 0.0779. The molecule has 1 amide bonds. The number of carbonyl (C=O) groups is 1. The van der Waals surface area contributed by atoms with Crippen LogP contribution in [0.15, 0.2) is 42.7 Å². The van der Waals surface area contributed by atoms with E-state index >= 15 is 0 Å². The van der Waals surface area contributed by atoms with Gasteiger partial charge in [0.1, 0.15) is 0 Å². The van der Waals surface area contributed by atoms with Crippen LogP contribution in [0.4, 0.5) is 0 Å². The quantitative estimate of drug-likeness (QED) is 0.891. The van der Waals surface area contributed by atoms with Gasteiger partial charge in [0.2, 0.25) is 5.91 Å². The number of hydrogen-bond donors (Lipinski definition) is 2. The summed E-state index contributed by atoms with van der Waals surface area (Å²) in [6, 6.07) is 9.94. The van der Waals surface area contributed by atoms with Crippen LogP contribution in [0.3, 0.4) is 0 Å². The fourth-order valence-electron chi connectivity index (χ4n) is 2.65. The van der Waals surface area contributed by atoms with Crippen molar-refractivity contribution in [2.75, 3.05) is 13.1 Å². The lowest BCUT2D eigenvalue weighted by molar-refractivity contribution is -0.125. The molecule has 5 nitrogen and oxygen atoms in total. The fraction of sp³-hybridized carbons (Fsp3) is 0.375. The second kappa shape index (κ2) is 6.10. The Labute approximate surface area is 124 Å². The minimum atomic E-state index is 0.0779. The van der Waals surface area contributed by atoms with Gasteiger partial charge in [-0.25, -0.2) is 4.68 Å². The lowest BCUT2D eigenvalue weighted by Crippen LogP contribution is -2.33. The number of nitrogens with zero attached hydrogens (tertiary/aromatic N) is 2. The molecule has 2 aromatic rings. The standard InChI is InChI=1S/C16H20N4O/c1-12-7-17-10-15(12)16(21)18-8-13-9-19-20(11-13)14-5-3-2-4-6-14/h2-6,9,11-12,15,17H,7-8,10H2,1H3,(H,18,21). The zero-order valence-corrected chi connectivity index (χ0v) is 12.1. The van der Waals surface area contributed by atoms with Gasteiger partial charge in [-0.3, -0.25) is 4.79 Å². The fourth-order valence-corrected chi connectivity index (χ4v) is 2.65. The van der Waals surface area contributed by atoms with Gasteiger partial charge in [0.15, 0.2) is 0 Å². The molecule has 1 aromatic carbocycles. The van der Waals surface area contributed by atoms with Crippen LogP contribution in [0, 0.1) is 11.8 Å². The van der Waals surface area contributed by atoms with Crippen LogP contribution < -0.4 is 10.6 Å². The molecule has 0 bridgehead atoms. The third kappa shape index (κ3) is 3.13. The molecule has 0 spiro atoms. The third-order valence-corrected chi connectivity index (χ3v) is 3.98. The van der Waals surface area contributed by atoms with Gasteiger partial charge in [0, 0.05) is 24.8 Å². The second-order valence-electron chi connectivity index (χ2n) is 5.59. The summed E-state index contributed by atoms with van der Waals surface area (Å²) >= 11 is 0. The van der Waals surface area contributed by atoms with Crippen LogP contribution in [0.25, 0.3) is 5.69 Å². The molecular formula is C16H20N4O. The van der Waals surface area contributed by atoms with Crippen molar-refractivity contribution in [3.05, 3.63) is 48.3 Å². The normalized spacial score (nSPS) is 21.4. The Morgan fingerprint density at radius 2 is 2.19 bits per heavy atom. The van der Waals surface area contributed by atoms with Crippen LogP contribution in [0.2, 0.25) is 0 Å². The molecule has 2 N–H and O–H groups in total. The number of para-hydroxylation sites is 1. The molecule has 0 saturated carbocycles. The Balaban J connectivity index is 1.59. The minimum Gasteiger partial charge on any atom is -0.352 e. The van der Waals surface area contributed by atoms with E-state index in [4.69, 9.17) is 0 Å². The van der Waals surface area contributed by atoms with Crippen LogP contribution in [-0.2, 0) is 11.3 Å². The van der Waals surface area contributed by atoms with Crippen molar-refractivity contribution in [1.82, 2.24) is 20.4 Å².